The van der Waals surface area contributed by atoms with Crippen molar-refractivity contribution in [2.24, 2.45) is 0 Å². The Hall–Kier alpha value is -1.93. The average Bonchev–Trinajstić information content (AvgIpc) is 3.24. The Balaban J connectivity index is 1.81. The van der Waals surface area contributed by atoms with Crippen molar-refractivity contribution in [3.05, 3.63) is 55.6 Å². The first-order valence-electron chi connectivity index (χ1n) is 8.91. The molecule has 138 valence electrons. The number of fused-ring (bicyclic) bond motifs is 4. The molecule has 3 aliphatic rings. The van der Waals surface area contributed by atoms with E-state index in [1.807, 2.05) is 6.92 Å². The van der Waals surface area contributed by atoms with Crippen molar-refractivity contribution in [1.29, 1.82) is 0 Å². The molecule has 0 unspecified atom stereocenters. The van der Waals surface area contributed by atoms with Gasteiger partial charge in [-0.3, -0.25) is 20.2 Å². The van der Waals surface area contributed by atoms with E-state index in [4.69, 9.17) is 4.74 Å². The van der Waals surface area contributed by atoms with Gasteiger partial charge in [-0.1, -0.05) is 19.1 Å². The van der Waals surface area contributed by atoms with E-state index in [1.54, 1.807) is 18.2 Å². The van der Waals surface area contributed by atoms with Gasteiger partial charge in [-0.25, -0.2) is 0 Å². The normalized spacial score (nSPS) is 32.6. The van der Waals surface area contributed by atoms with Crippen molar-refractivity contribution in [1.82, 2.24) is 0 Å². The first kappa shape index (κ1) is 17.5. The van der Waals surface area contributed by atoms with E-state index >= 15 is 0 Å². The summed E-state index contributed by atoms with van der Waals surface area (Å²) in [5, 5.41) is 23.1. The summed E-state index contributed by atoms with van der Waals surface area (Å²) in [6, 6.07) is 6.50. The lowest BCUT2D eigenvalue weighted by Gasteiger charge is -2.39. The standard InChI is InChI=1S/C18H20N2O5S/c1-2-18(20(23)24)10-9-11-13-7-8-14(25-13)16(11)17(18)26-15-6-4-3-5-12(15)19(21)22/h3-6,13-14,17H,2,7-10H2,1H3/t13-,14+,17-,18-/m0/s1. The number of hydrogen-bond donors (Lipinski definition) is 0. The topological polar surface area (TPSA) is 95.5 Å². The Kier molecular flexibility index (Phi) is 4.27. The quantitative estimate of drug-likeness (QED) is 0.435. The molecule has 0 radical (unpaired) electrons. The highest BCUT2D eigenvalue weighted by atomic mass is 32.2. The highest BCUT2D eigenvalue weighted by molar-refractivity contribution is 8.00. The van der Waals surface area contributed by atoms with Crippen LogP contribution in [0.5, 0.6) is 0 Å². The number of nitro groups is 2. The van der Waals surface area contributed by atoms with Gasteiger partial charge in [0, 0.05) is 23.8 Å². The number of para-hydroxylation sites is 1. The third-order valence-corrected chi connectivity index (χ3v) is 7.53. The minimum Gasteiger partial charge on any atom is -0.366 e. The number of benzene rings is 1. The molecule has 7 nitrogen and oxygen atoms in total. The van der Waals surface area contributed by atoms with Crippen molar-refractivity contribution >= 4 is 17.4 Å². The first-order chi connectivity index (χ1) is 12.5. The molecule has 1 fully saturated rings. The largest absolute Gasteiger partial charge is 0.366 e. The number of nitro benzene ring substituents is 1. The van der Waals surface area contributed by atoms with Gasteiger partial charge in [0.2, 0.25) is 5.54 Å². The van der Waals surface area contributed by atoms with E-state index in [2.05, 4.69) is 0 Å². The summed E-state index contributed by atoms with van der Waals surface area (Å²) >= 11 is 1.27. The second-order valence-electron chi connectivity index (χ2n) is 7.11. The maximum absolute atomic E-state index is 12.1. The van der Waals surface area contributed by atoms with Crippen LogP contribution in [0.3, 0.4) is 0 Å². The molecular formula is C18H20N2O5S. The van der Waals surface area contributed by atoms with Gasteiger partial charge in [0.1, 0.15) is 5.25 Å². The zero-order chi connectivity index (χ0) is 18.5. The highest BCUT2D eigenvalue weighted by Gasteiger charge is 2.59. The SMILES string of the molecule is CC[C@]1([N+](=O)[O-])CCC2=C([C@H]3CC[C@@H]2O3)[C@@H]1Sc1ccccc1[N+](=O)[O-]. The van der Waals surface area contributed by atoms with Crippen molar-refractivity contribution in [2.45, 2.75) is 66.9 Å². The zero-order valence-electron chi connectivity index (χ0n) is 14.4. The summed E-state index contributed by atoms with van der Waals surface area (Å²) in [4.78, 5) is 23.4. The van der Waals surface area contributed by atoms with E-state index < -0.39 is 15.7 Å². The summed E-state index contributed by atoms with van der Waals surface area (Å²) in [5.74, 6) is 0. The second kappa shape index (κ2) is 6.35. The van der Waals surface area contributed by atoms with Crippen LogP contribution in [-0.2, 0) is 4.74 Å². The van der Waals surface area contributed by atoms with Crippen LogP contribution in [0, 0.1) is 20.2 Å². The minimum atomic E-state index is -1.11. The Bertz CT molecular complexity index is 811. The number of rotatable bonds is 5. The molecule has 0 spiro atoms. The van der Waals surface area contributed by atoms with Gasteiger partial charge in [0.15, 0.2) is 0 Å². The summed E-state index contributed by atoms with van der Waals surface area (Å²) in [6.45, 7) is 1.84. The smallest absolute Gasteiger partial charge is 0.282 e. The van der Waals surface area contributed by atoms with Crippen LogP contribution in [0.2, 0.25) is 0 Å². The predicted octanol–water partition coefficient (Wildman–Crippen LogP) is 4.13. The van der Waals surface area contributed by atoms with E-state index in [-0.39, 0.29) is 22.8 Å². The van der Waals surface area contributed by atoms with E-state index in [1.165, 1.54) is 23.4 Å². The maximum atomic E-state index is 12.1. The molecule has 0 aromatic heterocycles. The molecule has 1 aromatic rings. The number of nitrogens with zero attached hydrogens (tertiary/aromatic N) is 2. The van der Waals surface area contributed by atoms with Crippen LogP contribution in [0.15, 0.2) is 40.3 Å². The van der Waals surface area contributed by atoms with Crippen molar-refractivity contribution < 1.29 is 14.6 Å². The van der Waals surface area contributed by atoms with Crippen molar-refractivity contribution in [2.75, 3.05) is 0 Å². The summed E-state index contributed by atoms with van der Waals surface area (Å²) < 4.78 is 6.04. The molecule has 4 atom stereocenters. The van der Waals surface area contributed by atoms with E-state index in [9.17, 15) is 20.2 Å². The fourth-order valence-corrected chi connectivity index (χ4v) is 6.31. The molecule has 26 heavy (non-hydrogen) atoms. The molecule has 0 saturated carbocycles. The molecule has 1 aromatic carbocycles. The van der Waals surface area contributed by atoms with Crippen LogP contribution < -0.4 is 0 Å². The van der Waals surface area contributed by atoms with Crippen LogP contribution in [-0.4, -0.2) is 32.8 Å². The summed E-state index contributed by atoms with van der Waals surface area (Å²) in [5.41, 5.74) is 1.14. The van der Waals surface area contributed by atoms with Crippen LogP contribution in [0.1, 0.15) is 39.0 Å². The van der Waals surface area contributed by atoms with E-state index in [0.717, 1.165) is 18.4 Å². The third kappa shape index (κ3) is 2.46. The first-order valence-corrected chi connectivity index (χ1v) is 9.78. The molecule has 1 saturated heterocycles. The summed E-state index contributed by atoms with van der Waals surface area (Å²) in [7, 11) is 0. The van der Waals surface area contributed by atoms with Crippen molar-refractivity contribution in [3.8, 4) is 0 Å². The van der Waals surface area contributed by atoms with Crippen LogP contribution in [0.25, 0.3) is 0 Å². The van der Waals surface area contributed by atoms with Gasteiger partial charge >= 0.3 is 0 Å². The minimum absolute atomic E-state index is 0.00245. The van der Waals surface area contributed by atoms with Gasteiger partial charge in [0.05, 0.1) is 22.0 Å². The van der Waals surface area contributed by atoms with Gasteiger partial charge in [-0.2, -0.15) is 0 Å². The van der Waals surface area contributed by atoms with Gasteiger partial charge < -0.3 is 4.74 Å². The molecule has 0 N–H and O–H groups in total. The third-order valence-electron chi connectivity index (χ3n) is 6.01. The fraction of sp³-hybridized carbons (Fsp3) is 0.556. The van der Waals surface area contributed by atoms with Crippen LogP contribution >= 0.6 is 11.8 Å². The summed E-state index contributed by atoms with van der Waals surface area (Å²) in [6.07, 6.45) is 3.43. The molecule has 2 heterocycles. The monoisotopic (exact) mass is 376 g/mol. The number of ether oxygens (including phenoxy) is 1. The fourth-order valence-electron chi connectivity index (χ4n) is 4.62. The lowest BCUT2D eigenvalue weighted by molar-refractivity contribution is -0.570. The number of hydrogen-bond acceptors (Lipinski definition) is 6. The Morgan fingerprint density at radius 1 is 1.23 bits per heavy atom. The molecule has 8 heteroatoms. The second-order valence-corrected chi connectivity index (χ2v) is 8.26. The predicted molar refractivity (Wildman–Crippen MR) is 96.9 cm³/mol. The molecule has 0 amide bonds. The highest BCUT2D eigenvalue weighted by Crippen LogP contribution is 2.55. The van der Waals surface area contributed by atoms with Gasteiger partial charge in [-0.15, -0.1) is 11.8 Å². The Morgan fingerprint density at radius 2 is 1.96 bits per heavy atom. The Morgan fingerprint density at radius 3 is 2.65 bits per heavy atom. The number of thioether (sulfide) groups is 1. The van der Waals surface area contributed by atoms with Crippen LogP contribution in [0.4, 0.5) is 5.69 Å². The Labute approximate surface area is 155 Å². The average molecular weight is 376 g/mol. The van der Waals surface area contributed by atoms with Gasteiger partial charge in [0.25, 0.3) is 5.69 Å². The lowest BCUT2D eigenvalue weighted by Crippen LogP contribution is -2.52. The molecule has 4 rings (SSSR count). The zero-order valence-corrected chi connectivity index (χ0v) is 15.2. The lowest BCUT2D eigenvalue weighted by atomic mass is 9.72. The molecular weight excluding hydrogens is 356 g/mol. The van der Waals surface area contributed by atoms with Crippen molar-refractivity contribution in [3.63, 3.8) is 0 Å². The maximum Gasteiger partial charge on any atom is 0.282 e. The molecule has 1 aliphatic carbocycles. The molecule has 2 bridgehead atoms. The molecule has 2 aliphatic heterocycles. The van der Waals surface area contributed by atoms with E-state index in [0.29, 0.717) is 24.2 Å². The van der Waals surface area contributed by atoms with Gasteiger partial charge in [-0.05, 0) is 36.5 Å².